The van der Waals surface area contributed by atoms with Crippen molar-refractivity contribution in [2.75, 3.05) is 6.54 Å². The highest BCUT2D eigenvalue weighted by Crippen LogP contribution is 2.14. The van der Waals surface area contributed by atoms with Gasteiger partial charge in [-0.25, -0.2) is 4.68 Å². The average molecular weight is 387 g/mol. The number of carbonyl (C=O) groups is 1. The van der Waals surface area contributed by atoms with Gasteiger partial charge >= 0.3 is 0 Å². The summed E-state index contributed by atoms with van der Waals surface area (Å²) in [6.45, 7) is 0.802. The number of aromatic nitrogens is 2. The van der Waals surface area contributed by atoms with Gasteiger partial charge in [0.15, 0.2) is 5.76 Å². The number of rotatable bonds is 8. The molecular formula is C23H21N3O3. The predicted molar refractivity (Wildman–Crippen MR) is 109 cm³/mol. The molecule has 4 aromatic rings. The lowest BCUT2D eigenvalue weighted by molar-refractivity contribution is 0.0922. The van der Waals surface area contributed by atoms with Gasteiger partial charge in [0.2, 0.25) is 0 Å². The van der Waals surface area contributed by atoms with Crippen LogP contribution < -0.4 is 10.1 Å². The molecule has 2 aromatic heterocycles. The van der Waals surface area contributed by atoms with E-state index in [2.05, 4.69) is 10.4 Å². The SMILES string of the molecule is O=C(NCCc1ccc(-n2cccn2)cc1)c1ccc(COc2ccccc2)o1. The Balaban J connectivity index is 1.24. The molecule has 6 nitrogen and oxygen atoms in total. The summed E-state index contributed by atoms with van der Waals surface area (Å²) in [6, 6.07) is 22.9. The smallest absolute Gasteiger partial charge is 0.287 e. The lowest BCUT2D eigenvalue weighted by Gasteiger charge is -2.06. The second kappa shape index (κ2) is 8.93. The van der Waals surface area contributed by atoms with Crippen molar-refractivity contribution in [3.63, 3.8) is 0 Å². The first-order valence-corrected chi connectivity index (χ1v) is 9.42. The Morgan fingerprint density at radius 1 is 1.00 bits per heavy atom. The molecule has 0 aliphatic rings. The number of nitrogens with one attached hydrogen (secondary N) is 1. The molecule has 2 aromatic carbocycles. The zero-order valence-electron chi connectivity index (χ0n) is 15.8. The van der Waals surface area contributed by atoms with E-state index in [1.54, 1.807) is 18.3 Å². The van der Waals surface area contributed by atoms with E-state index in [1.807, 2.05) is 71.5 Å². The third kappa shape index (κ3) is 4.93. The first-order chi connectivity index (χ1) is 14.3. The van der Waals surface area contributed by atoms with Crippen molar-refractivity contribution >= 4 is 5.91 Å². The summed E-state index contributed by atoms with van der Waals surface area (Å²) in [5, 5.41) is 7.09. The summed E-state index contributed by atoms with van der Waals surface area (Å²) in [5.41, 5.74) is 2.14. The fourth-order valence-electron chi connectivity index (χ4n) is 2.89. The van der Waals surface area contributed by atoms with Crippen LogP contribution in [0.3, 0.4) is 0 Å². The summed E-state index contributed by atoms with van der Waals surface area (Å²) < 4.78 is 13.0. The second-order valence-corrected chi connectivity index (χ2v) is 6.49. The molecule has 6 heteroatoms. The van der Waals surface area contributed by atoms with Crippen LogP contribution in [0.2, 0.25) is 0 Å². The van der Waals surface area contributed by atoms with Crippen LogP contribution in [0.5, 0.6) is 5.75 Å². The molecule has 1 N–H and O–H groups in total. The van der Waals surface area contributed by atoms with Gasteiger partial charge < -0.3 is 14.5 Å². The Hall–Kier alpha value is -3.80. The molecule has 1 amide bonds. The van der Waals surface area contributed by atoms with Crippen molar-refractivity contribution in [2.45, 2.75) is 13.0 Å². The number of ether oxygens (including phenoxy) is 1. The van der Waals surface area contributed by atoms with Crippen LogP contribution in [0.25, 0.3) is 5.69 Å². The predicted octanol–water partition coefficient (Wildman–Crippen LogP) is 4.02. The van der Waals surface area contributed by atoms with Gasteiger partial charge in [-0.2, -0.15) is 5.10 Å². The minimum absolute atomic E-state index is 0.232. The van der Waals surface area contributed by atoms with Crippen LogP contribution >= 0.6 is 0 Å². The maximum atomic E-state index is 12.3. The lowest BCUT2D eigenvalue weighted by atomic mass is 10.1. The van der Waals surface area contributed by atoms with Crippen LogP contribution in [0.4, 0.5) is 0 Å². The molecule has 0 fully saturated rings. The standard InChI is InChI=1S/C23H21N3O3/c27-23(22-12-11-21(29-22)17-28-20-5-2-1-3-6-20)24-15-13-18-7-9-19(10-8-18)26-16-4-14-25-26/h1-12,14,16H,13,15,17H2,(H,24,27). The number of hydrogen-bond donors (Lipinski definition) is 1. The summed E-state index contributed by atoms with van der Waals surface area (Å²) >= 11 is 0. The quantitative estimate of drug-likeness (QED) is 0.496. The van der Waals surface area contributed by atoms with Gasteiger partial charge in [0.25, 0.3) is 5.91 Å². The molecule has 2 heterocycles. The Kier molecular flexibility index (Phi) is 5.71. The fourth-order valence-corrected chi connectivity index (χ4v) is 2.89. The van der Waals surface area contributed by atoms with E-state index in [9.17, 15) is 4.79 Å². The van der Waals surface area contributed by atoms with Crippen LogP contribution in [-0.4, -0.2) is 22.2 Å². The zero-order valence-corrected chi connectivity index (χ0v) is 15.8. The van der Waals surface area contributed by atoms with Crippen molar-refractivity contribution in [3.05, 3.63) is 102 Å². The second-order valence-electron chi connectivity index (χ2n) is 6.49. The number of furan rings is 1. The van der Waals surface area contributed by atoms with E-state index >= 15 is 0 Å². The van der Waals surface area contributed by atoms with Crippen molar-refractivity contribution < 1.29 is 13.9 Å². The van der Waals surface area contributed by atoms with Gasteiger partial charge in [-0.05, 0) is 54.4 Å². The number of para-hydroxylation sites is 1. The van der Waals surface area contributed by atoms with Gasteiger partial charge in [0.1, 0.15) is 18.1 Å². The minimum Gasteiger partial charge on any atom is -0.486 e. The number of hydrogen-bond acceptors (Lipinski definition) is 4. The number of nitrogens with zero attached hydrogens (tertiary/aromatic N) is 2. The number of carbonyl (C=O) groups excluding carboxylic acids is 1. The third-order valence-corrected chi connectivity index (χ3v) is 4.41. The van der Waals surface area contributed by atoms with Gasteiger partial charge in [-0.15, -0.1) is 0 Å². The first kappa shape index (κ1) is 18.6. The van der Waals surface area contributed by atoms with Crippen molar-refractivity contribution in [1.29, 1.82) is 0 Å². The van der Waals surface area contributed by atoms with Crippen molar-refractivity contribution in [1.82, 2.24) is 15.1 Å². The molecular weight excluding hydrogens is 366 g/mol. The van der Waals surface area contributed by atoms with Crippen LogP contribution in [0, 0.1) is 0 Å². The topological polar surface area (TPSA) is 69.3 Å². The van der Waals surface area contributed by atoms with E-state index in [0.29, 0.717) is 12.3 Å². The summed E-state index contributed by atoms with van der Waals surface area (Å²) in [7, 11) is 0. The molecule has 146 valence electrons. The van der Waals surface area contributed by atoms with E-state index in [0.717, 1.165) is 23.4 Å². The maximum absolute atomic E-state index is 12.3. The first-order valence-electron chi connectivity index (χ1n) is 9.42. The monoisotopic (exact) mass is 387 g/mol. The lowest BCUT2D eigenvalue weighted by Crippen LogP contribution is -2.25. The van der Waals surface area contributed by atoms with Crippen molar-refractivity contribution in [2.24, 2.45) is 0 Å². The Labute approximate surface area is 168 Å². The highest BCUT2D eigenvalue weighted by molar-refractivity contribution is 5.91. The molecule has 0 saturated heterocycles. The van der Waals surface area contributed by atoms with E-state index < -0.39 is 0 Å². The maximum Gasteiger partial charge on any atom is 0.287 e. The van der Waals surface area contributed by atoms with Gasteiger partial charge in [0, 0.05) is 18.9 Å². The number of amides is 1. The highest BCUT2D eigenvalue weighted by Gasteiger charge is 2.11. The average Bonchev–Trinajstić information content (AvgIpc) is 3.46. The summed E-state index contributed by atoms with van der Waals surface area (Å²) in [4.78, 5) is 12.3. The van der Waals surface area contributed by atoms with Crippen LogP contribution in [0.15, 0.2) is 89.6 Å². The molecule has 0 aliphatic heterocycles. The van der Waals surface area contributed by atoms with Crippen LogP contribution in [-0.2, 0) is 13.0 Å². The molecule has 0 unspecified atom stereocenters. The molecule has 0 radical (unpaired) electrons. The Morgan fingerprint density at radius 3 is 2.59 bits per heavy atom. The Bertz CT molecular complexity index is 1040. The van der Waals surface area contributed by atoms with E-state index in [-0.39, 0.29) is 18.3 Å². The van der Waals surface area contributed by atoms with Gasteiger partial charge in [0.05, 0.1) is 5.69 Å². The molecule has 4 rings (SSSR count). The molecule has 0 aliphatic carbocycles. The molecule has 0 atom stereocenters. The minimum atomic E-state index is -0.232. The molecule has 0 bridgehead atoms. The normalized spacial score (nSPS) is 10.6. The van der Waals surface area contributed by atoms with E-state index in [1.165, 1.54) is 0 Å². The zero-order chi connectivity index (χ0) is 19.9. The van der Waals surface area contributed by atoms with Gasteiger partial charge in [-0.3, -0.25) is 4.79 Å². The van der Waals surface area contributed by atoms with E-state index in [4.69, 9.17) is 9.15 Å². The molecule has 29 heavy (non-hydrogen) atoms. The fraction of sp³-hybridized carbons (Fsp3) is 0.130. The highest BCUT2D eigenvalue weighted by atomic mass is 16.5. The van der Waals surface area contributed by atoms with Gasteiger partial charge in [-0.1, -0.05) is 30.3 Å². The summed E-state index contributed by atoms with van der Waals surface area (Å²) in [5.74, 6) is 1.41. The molecule has 0 spiro atoms. The third-order valence-electron chi connectivity index (χ3n) is 4.41. The molecule has 0 saturated carbocycles. The largest absolute Gasteiger partial charge is 0.486 e. The van der Waals surface area contributed by atoms with Crippen molar-refractivity contribution in [3.8, 4) is 11.4 Å². The Morgan fingerprint density at radius 2 is 1.83 bits per heavy atom. The van der Waals surface area contributed by atoms with Crippen LogP contribution in [0.1, 0.15) is 21.9 Å². The summed E-state index contributed by atoms with van der Waals surface area (Å²) in [6.07, 6.45) is 4.38. The number of benzene rings is 2.